The third kappa shape index (κ3) is 4.22. The monoisotopic (exact) mass is 526 g/mol. The minimum atomic E-state index is -1.16. The molecular formula is C28H34N2O8. The summed E-state index contributed by atoms with van der Waals surface area (Å²) in [6.45, 7) is 7.98. The number of hydrogen-bond acceptors (Lipinski definition) is 9. The third-order valence-corrected chi connectivity index (χ3v) is 7.54. The van der Waals surface area contributed by atoms with Gasteiger partial charge in [0.1, 0.15) is 12.4 Å². The number of carbonyl (C=O) groups is 1. The number of nitrogens with one attached hydrogen (secondary N) is 1. The summed E-state index contributed by atoms with van der Waals surface area (Å²) >= 11 is 0. The number of nitrogens with zero attached hydrogens (tertiary/aromatic N) is 1. The molecule has 3 aliphatic rings. The first kappa shape index (κ1) is 26.1. The van der Waals surface area contributed by atoms with Crippen LogP contribution in [0.3, 0.4) is 0 Å². The van der Waals surface area contributed by atoms with Crippen LogP contribution in [0.4, 0.5) is 0 Å². The number of benzene rings is 2. The second-order valence-corrected chi connectivity index (χ2v) is 9.78. The molecule has 0 radical (unpaired) electrons. The number of methoxy groups -OCH3 is 1. The summed E-state index contributed by atoms with van der Waals surface area (Å²) in [5.41, 5.74) is 4.03. The Bertz CT molecular complexity index is 1240. The Morgan fingerprint density at radius 1 is 1.29 bits per heavy atom. The van der Waals surface area contributed by atoms with E-state index in [0.29, 0.717) is 42.4 Å². The molecule has 4 atom stereocenters. The molecule has 10 heteroatoms. The Morgan fingerprint density at radius 2 is 2.05 bits per heavy atom. The van der Waals surface area contributed by atoms with Crippen LogP contribution in [0, 0.1) is 13.8 Å². The van der Waals surface area contributed by atoms with Gasteiger partial charge in [0.15, 0.2) is 29.3 Å². The number of likely N-dealkylation sites (N-methyl/N-ethyl adjacent to an activating group) is 1. The number of aromatic hydroxyl groups is 1. The zero-order valence-corrected chi connectivity index (χ0v) is 22.1. The van der Waals surface area contributed by atoms with Crippen LogP contribution in [0.15, 0.2) is 24.8 Å². The zero-order chi connectivity index (χ0) is 27.1. The SMILES string of the molecule is C=CCOc1c(C)c2c(c3c1C[C@H]1C(O)OC[C@@H]3N1C(=O)[C@H](Cc1cc(C)c(OC)c(O)c1)NC)OCO2. The Hall–Kier alpha value is -3.47. The number of rotatable bonds is 8. The number of amides is 1. The van der Waals surface area contributed by atoms with E-state index >= 15 is 0 Å². The number of fused-ring (bicyclic) bond motifs is 6. The minimum absolute atomic E-state index is 0.0209. The van der Waals surface area contributed by atoms with Gasteiger partial charge in [0.05, 0.1) is 31.8 Å². The second kappa shape index (κ2) is 10.4. The van der Waals surface area contributed by atoms with Gasteiger partial charge >= 0.3 is 0 Å². The molecule has 3 heterocycles. The van der Waals surface area contributed by atoms with E-state index in [1.54, 1.807) is 24.1 Å². The van der Waals surface area contributed by atoms with E-state index in [0.717, 1.165) is 27.8 Å². The number of hydrogen-bond donors (Lipinski definition) is 3. The van der Waals surface area contributed by atoms with Crippen LogP contribution in [0.1, 0.15) is 33.9 Å². The highest BCUT2D eigenvalue weighted by atomic mass is 16.7. The van der Waals surface area contributed by atoms with Crippen LogP contribution >= 0.6 is 0 Å². The number of carbonyl (C=O) groups excluding carboxylic acids is 1. The number of aryl methyl sites for hydroxylation is 1. The Kier molecular flexibility index (Phi) is 7.13. The fraction of sp³-hybridized carbons (Fsp3) is 0.464. The van der Waals surface area contributed by atoms with Gasteiger partial charge in [0, 0.05) is 23.1 Å². The second-order valence-electron chi connectivity index (χ2n) is 9.78. The molecule has 0 aliphatic carbocycles. The van der Waals surface area contributed by atoms with Crippen LogP contribution in [-0.2, 0) is 22.4 Å². The van der Waals surface area contributed by atoms with Gasteiger partial charge in [-0.15, -0.1) is 0 Å². The molecule has 3 N–H and O–H groups in total. The molecule has 3 aliphatic heterocycles. The number of phenols is 1. The average molecular weight is 527 g/mol. The van der Waals surface area contributed by atoms with Gasteiger partial charge in [-0.25, -0.2) is 0 Å². The molecule has 2 aromatic rings. The smallest absolute Gasteiger partial charge is 0.241 e. The topological polar surface area (TPSA) is 119 Å². The van der Waals surface area contributed by atoms with E-state index in [2.05, 4.69) is 11.9 Å². The molecule has 2 aromatic carbocycles. The summed E-state index contributed by atoms with van der Waals surface area (Å²) in [7, 11) is 3.22. The van der Waals surface area contributed by atoms with E-state index in [4.69, 9.17) is 23.7 Å². The van der Waals surface area contributed by atoms with Gasteiger partial charge in [0.25, 0.3) is 0 Å². The molecule has 5 rings (SSSR count). The van der Waals surface area contributed by atoms with Crippen molar-refractivity contribution < 1.29 is 38.7 Å². The molecule has 0 saturated carbocycles. The van der Waals surface area contributed by atoms with Crippen molar-refractivity contribution in [1.82, 2.24) is 10.2 Å². The maximum atomic E-state index is 14.1. The summed E-state index contributed by atoms with van der Waals surface area (Å²) < 4.78 is 28.7. The third-order valence-electron chi connectivity index (χ3n) is 7.54. The molecule has 1 amide bonds. The summed E-state index contributed by atoms with van der Waals surface area (Å²) in [6, 6.07) is 1.75. The minimum Gasteiger partial charge on any atom is -0.504 e. The first-order valence-corrected chi connectivity index (χ1v) is 12.6. The Morgan fingerprint density at radius 3 is 2.74 bits per heavy atom. The van der Waals surface area contributed by atoms with Crippen molar-refractivity contribution in [3.8, 4) is 28.7 Å². The molecule has 0 spiro atoms. The fourth-order valence-electron chi connectivity index (χ4n) is 5.88. The van der Waals surface area contributed by atoms with E-state index < -0.39 is 24.4 Å². The van der Waals surface area contributed by atoms with Gasteiger partial charge in [-0.2, -0.15) is 0 Å². The number of phenolic OH excluding ortho intramolecular Hbond substituents is 1. The molecule has 2 bridgehead atoms. The molecule has 1 unspecified atom stereocenters. The van der Waals surface area contributed by atoms with Crippen LogP contribution in [0.25, 0.3) is 0 Å². The average Bonchev–Trinajstić information content (AvgIpc) is 3.38. The summed E-state index contributed by atoms with van der Waals surface area (Å²) in [5.74, 6) is 2.08. The fourth-order valence-corrected chi connectivity index (χ4v) is 5.88. The highest BCUT2D eigenvalue weighted by molar-refractivity contribution is 5.84. The van der Waals surface area contributed by atoms with E-state index in [1.807, 2.05) is 19.9 Å². The lowest BCUT2D eigenvalue weighted by molar-refractivity contribution is -0.208. The van der Waals surface area contributed by atoms with Gasteiger partial charge in [-0.1, -0.05) is 18.7 Å². The maximum Gasteiger partial charge on any atom is 0.241 e. The lowest BCUT2D eigenvalue weighted by atomic mass is 9.83. The lowest BCUT2D eigenvalue weighted by Crippen LogP contribution is -2.62. The van der Waals surface area contributed by atoms with Crippen molar-refractivity contribution in [2.24, 2.45) is 0 Å². The number of morpholine rings is 1. The van der Waals surface area contributed by atoms with Gasteiger partial charge in [-0.3, -0.25) is 4.79 Å². The standard InChI is InChI=1S/C28H34N2O8/c1-6-7-35-24-15(3)25-26(38-13-37-25)22-17(24)11-19-28(33)36-12-20(22)30(19)27(32)18(29-4)9-16-8-14(2)23(34-5)21(31)10-16/h6,8,10,18-20,28-29,31,33H,1,7,9,11-13H2,2-5H3/t18-,19-,20-,28?/m0/s1. The highest BCUT2D eigenvalue weighted by Gasteiger charge is 2.50. The molecule has 38 heavy (non-hydrogen) atoms. The summed E-state index contributed by atoms with van der Waals surface area (Å²) in [4.78, 5) is 15.8. The van der Waals surface area contributed by atoms with Crippen LogP contribution in [-0.4, -0.2) is 73.6 Å². The predicted octanol–water partition coefficient (Wildman–Crippen LogP) is 2.28. The predicted molar refractivity (Wildman–Crippen MR) is 138 cm³/mol. The highest BCUT2D eigenvalue weighted by Crippen LogP contribution is 2.54. The van der Waals surface area contributed by atoms with Gasteiger partial charge < -0.3 is 44.1 Å². The number of ether oxygens (including phenoxy) is 5. The molecule has 0 aromatic heterocycles. The summed E-state index contributed by atoms with van der Waals surface area (Å²) in [5, 5.41) is 24.4. The van der Waals surface area contributed by atoms with Crippen molar-refractivity contribution in [2.75, 3.05) is 34.2 Å². The van der Waals surface area contributed by atoms with Crippen LogP contribution < -0.4 is 24.3 Å². The van der Waals surface area contributed by atoms with Gasteiger partial charge in [-0.05, 0) is 44.5 Å². The number of aliphatic hydroxyl groups is 1. The largest absolute Gasteiger partial charge is 0.504 e. The number of aliphatic hydroxyl groups excluding tert-OH is 1. The van der Waals surface area contributed by atoms with Crippen molar-refractivity contribution in [3.63, 3.8) is 0 Å². The normalized spacial score (nSPS) is 22.0. The van der Waals surface area contributed by atoms with Crippen LogP contribution in [0.5, 0.6) is 28.7 Å². The first-order chi connectivity index (χ1) is 18.3. The zero-order valence-electron chi connectivity index (χ0n) is 22.1. The molecule has 1 fully saturated rings. The van der Waals surface area contributed by atoms with E-state index in [9.17, 15) is 15.0 Å². The van der Waals surface area contributed by atoms with E-state index in [-0.39, 0.29) is 25.1 Å². The van der Waals surface area contributed by atoms with Crippen molar-refractivity contribution in [2.45, 2.75) is 51.1 Å². The Balaban J connectivity index is 1.53. The molecule has 10 nitrogen and oxygen atoms in total. The van der Waals surface area contributed by atoms with Crippen molar-refractivity contribution >= 4 is 5.91 Å². The van der Waals surface area contributed by atoms with Crippen LogP contribution in [0.2, 0.25) is 0 Å². The molecule has 204 valence electrons. The lowest BCUT2D eigenvalue weighted by Gasteiger charge is -2.50. The van der Waals surface area contributed by atoms with Crippen molar-refractivity contribution in [3.05, 3.63) is 52.6 Å². The Labute approximate surface area is 221 Å². The molecular weight excluding hydrogens is 492 g/mol. The van der Waals surface area contributed by atoms with Gasteiger partial charge in [0.2, 0.25) is 12.7 Å². The van der Waals surface area contributed by atoms with Crippen molar-refractivity contribution in [1.29, 1.82) is 0 Å². The maximum absolute atomic E-state index is 14.1. The summed E-state index contributed by atoms with van der Waals surface area (Å²) in [6.07, 6.45) is 1.16. The first-order valence-electron chi connectivity index (χ1n) is 12.6. The van der Waals surface area contributed by atoms with E-state index in [1.165, 1.54) is 7.11 Å². The molecule has 1 saturated heterocycles. The quantitative estimate of drug-likeness (QED) is 0.445.